The van der Waals surface area contributed by atoms with E-state index in [9.17, 15) is 14.0 Å². The average molecular weight is 535 g/mol. The lowest BCUT2D eigenvalue weighted by Crippen LogP contribution is -2.51. The van der Waals surface area contributed by atoms with Gasteiger partial charge in [0.1, 0.15) is 18.4 Å². The van der Waals surface area contributed by atoms with Crippen LogP contribution in [-0.2, 0) is 16.0 Å². The molecule has 0 spiro atoms. The summed E-state index contributed by atoms with van der Waals surface area (Å²) >= 11 is 0. The lowest BCUT2D eigenvalue weighted by molar-refractivity contribution is -0.144. The molecule has 0 aromatic heterocycles. The first-order chi connectivity index (χ1) is 18.7. The van der Waals surface area contributed by atoms with E-state index in [1.54, 1.807) is 0 Å². The third-order valence-corrected chi connectivity index (χ3v) is 10.3. The fourth-order valence-corrected chi connectivity index (χ4v) is 8.00. The SMILES string of the molecule is CN(C)C(CCc1ccccc1)C1CCC(C=O)(C2(C=O)CCC(C(c3ccc(F)cc3)N(C)C)CC2)CC1. The number of carbonyl (C=O) groups is 2. The van der Waals surface area contributed by atoms with E-state index in [0.29, 0.717) is 17.9 Å². The first kappa shape index (κ1) is 29.6. The van der Waals surface area contributed by atoms with Crippen LogP contribution in [0.1, 0.15) is 75.0 Å². The Morgan fingerprint density at radius 3 is 1.74 bits per heavy atom. The van der Waals surface area contributed by atoms with Crippen LogP contribution in [0.15, 0.2) is 54.6 Å². The molecular weight excluding hydrogens is 487 g/mol. The molecule has 0 amide bonds. The zero-order chi connectivity index (χ0) is 28.0. The Hall–Kier alpha value is -2.37. The molecule has 4 rings (SSSR count). The first-order valence-corrected chi connectivity index (χ1v) is 14.8. The highest BCUT2D eigenvalue weighted by Gasteiger charge is 2.55. The maximum atomic E-state index is 13.6. The molecule has 5 heteroatoms. The third-order valence-electron chi connectivity index (χ3n) is 10.3. The minimum absolute atomic E-state index is 0.170. The second kappa shape index (κ2) is 12.9. The molecule has 212 valence electrons. The first-order valence-electron chi connectivity index (χ1n) is 14.8. The minimum Gasteiger partial charge on any atom is -0.306 e. The highest BCUT2D eigenvalue weighted by Crippen LogP contribution is 2.58. The van der Waals surface area contributed by atoms with Crippen molar-refractivity contribution in [1.82, 2.24) is 9.80 Å². The number of hydrogen-bond acceptors (Lipinski definition) is 4. The van der Waals surface area contributed by atoms with Gasteiger partial charge in [-0.1, -0.05) is 42.5 Å². The smallest absolute Gasteiger partial charge is 0.127 e. The van der Waals surface area contributed by atoms with Crippen LogP contribution in [0, 0.1) is 28.5 Å². The van der Waals surface area contributed by atoms with Crippen molar-refractivity contribution >= 4 is 12.6 Å². The number of hydrogen-bond donors (Lipinski definition) is 0. The van der Waals surface area contributed by atoms with E-state index in [0.717, 1.165) is 82.3 Å². The lowest BCUT2D eigenvalue weighted by atomic mass is 9.51. The molecule has 39 heavy (non-hydrogen) atoms. The van der Waals surface area contributed by atoms with Gasteiger partial charge in [-0.3, -0.25) is 0 Å². The Kier molecular flexibility index (Phi) is 9.77. The van der Waals surface area contributed by atoms with E-state index in [2.05, 4.69) is 68.3 Å². The molecule has 2 fully saturated rings. The molecule has 2 aromatic carbocycles. The molecule has 0 radical (unpaired) electrons. The van der Waals surface area contributed by atoms with E-state index in [1.807, 2.05) is 12.1 Å². The monoisotopic (exact) mass is 534 g/mol. The molecule has 2 aliphatic carbocycles. The minimum atomic E-state index is -0.576. The Morgan fingerprint density at radius 2 is 1.28 bits per heavy atom. The zero-order valence-electron chi connectivity index (χ0n) is 24.3. The predicted octanol–water partition coefficient (Wildman–Crippen LogP) is 6.74. The van der Waals surface area contributed by atoms with Gasteiger partial charge >= 0.3 is 0 Å². The number of benzene rings is 2. The summed E-state index contributed by atoms with van der Waals surface area (Å²) in [5.41, 5.74) is 1.35. The number of rotatable bonds is 11. The fourth-order valence-electron chi connectivity index (χ4n) is 8.00. The molecule has 2 atom stereocenters. The summed E-state index contributed by atoms with van der Waals surface area (Å²) < 4.78 is 13.6. The van der Waals surface area contributed by atoms with Crippen LogP contribution in [0.25, 0.3) is 0 Å². The second-order valence-electron chi connectivity index (χ2n) is 12.7. The van der Waals surface area contributed by atoms with Crippen molar-refractivity contribution in [1.29, 1.82) is 0 Å². The Bertz CT molecular complexity index is 1050. The van der Waals surface area contributed by atoms with Crippen LogP contribution in [0.5, 0.6) is 0 Å². The standard InChI is InChI=1S/C34H47FN2O2/c1-36(2)31(15-10-26-8-6-5-7-9-26)27-16-20-33(24-38,21-17-27)34(25-39)22-18-29(19-23-34)32(37(3)4)28-11-13-30(35)14-12-28/h5-9,11-14,24-25,27,29,31-32H,10,15-23H2,1-4H3. The van der Waals surface area contributed by atoms with Gasteiger partial charge in [-0.25, -0.2) is 4.39 Å². The Labute approximate surface area is 235 Å². The largest absolute Gasteiger partial charge is 0.306 e. The van der Waals surface area contributed by atoms with Crippen molar-refractivity contribution in [3.63, 3.8) is 0 Å². The van der Waals surface area contributed by atoms with Crippen molar-refractivity contribution < 1.29 is 14.0 Å². The lowest BCUT2D eigenvalue weighted by Gasteiger charge is -2.52. The van der Waals surface area contributed by atoms with E-state index in [1.165, 1.54) is 17.7 Å². The summed E-state index contributed by atoms with van der Waals surface area (Å²) in [5, 5.41) is 0. The molecule has 0 N–H and O–H groups in total. The maximum absolute atomic E-state index is 13.6. The summed E-state index contributed by atoms with van der Waals surface area (Å²) in [6, 6.07) is 18.1. The van der Waals surface area contributed by atoms with Crippen molar-refractivity contribution in [2.24, 2.45) is 22.7 Å². The topological polar surface area (TPSA) is 40.6 Å². The fraction of sp³-hybridized carbons (Fsp3) is 0.588. The Morgan fingerprint density at radius 1 is 0.769 bits per heavy atom. The van der Waals surface area contributed by atoms with Crippen LogP contribution in [0.3, 0.4) is 0 Å². The molecule has 2 saturated carbocycles. The van der Waals surface area contributed by atoms with Gasteiger partial charge < -0.3 is 19.4 Å². The second-order valence-corrected chi connectivity index (χ2v) is 12.7. The van der Waals surface area contributed by atoms with Crippen LogP contribution in [0.4, 0.5) is 4.39 Å². The molecule has 2 unspecified atom stereocenters. The number of aldehydes is 2. The molecule has 0 heterocycles. The molecule has 4 nitrogen and oxygen atoms in total. The number of aryl methyl sites for hydroxylation is 1. The van der Waals surface area contributed by atoms with Gasteiger partial charge in [-0.15, -0.1) is 0 Å². The van der Waals surface area contributed by atoms with E-state index in [-0.39, 0.29) is 11.9 Å². The Balaban J connectivity index is 1.43. The van der Waals surface area contributed by atoms with Gasteiger partial charge in [-0.2, -0.15) is 0 Å². The predicted molar refractivity (Wildman–Crippen MR) is 156 cm³/mol. The van der Waals surface area contributed by atoms with Crippen LogP contribution in [0.2, 0.25) is 0 Å². The highest BCUT2D eigenvalue weighted by atomic mass is 19.1. The molecule has 2 aromatic rings. The molecule has 0 bridgehead atoms. The van der Waals surface area contributed by atoms with Crippen molar-refractivity contribution in [3.8, 4) is 0 Å². The van der Waals surface area contributed by atoms with Crippen molar-refractivity contribution in [2.45, 2.75) is 76.3 Å². The maximum Gasteiger partial charge on any atom is 0.127 e. The molecule has 2 aliphatic rings. The normalized spacial score (nSPS) is 29.2. The summed E-state index contributed by atoms with van der Waals surface area (Å²) in [7, 11) is 8.49. The van der Waals surface area contributed by atoms with Crippen LogP contribution in [-0.4, -0.2) is 56.6 Å². The average Bonchev–Trinajstić information content (AvgIpc) is 2.95. The van der Waals surface area contributed by atoms with Gasteiger partial charge in [-0.05, 0) is 127 Å². The zero-order valence-corrected chi connectivity index (χ0v) is 24.3. The molecule has 0 aliphatic heterocycles. The van der Waals surface area contributed by atoms with E-state index >= 15 is 0 Å². The molecule has 0 saturated heterocycles. The highest BCUT2D eigenvalue weighted by molar-refractivity contribution is 5.73. The summed E-state index contributed by atoms with van der Waals surface area (Å²) in [6.07, 6.45) is 11.4. The third kappa shape index (κ3) is 6.36. The van der Waals surface area contributed by atoms with Crippen LogP contribution >= 0.6 is 0 Å². The van der Waals surface area contributed by atoms with Crippen LogP contribution < -0.4 is 0 Å². The number of carbonyl (C=O) groups excluding carboxylic acids is 2. The van der Waals surface area contributed by atoms with Gasteiger partial charge in [0.2, 0.25) is 0 Å². The van der Waals surface area contributed by atoms with Crippen molar-refractivity contribution in [2.75, 3.05) is 28.2 Å². The van der Waals surface area contributed by atoms with Gasteiger partial charge in [0.25, 0.3) is 0 Å². The molecular formula is C34H47FN2O2. The van der Waals surface area contributed by atoms with Crippen molar-refractivity contribution in [3.05, 3.63) is 71.5 Å². The number of halogens is 1. The van der Waals surface area contributed by atoms with Gasteiger partial charge in [0.05, 0.1) is 0 Å². The quantitative estimate of drug-likeness (QED) is 0.299. The van der Waals surface area contributed by atoms with Gasteiger partial charge in [0.15, 0.2) is 0 Å². The van der Waals surface area contributed by atoms with Gasteiger partial charge in [0, 0.05) is 22.9 Å². The summed E-state index contributed by atoms with van der Waals surface area (Å²) in [6.45, 7) is 0. The summed E-state index contributed by atoms with van der Waals surface area (Å²) in [4.78, 5) is 30.2. The van der Waals surface area contributed by atoms with E-state index < -0.39 is 10.8 Å². The summed E-state index contributed by atoms with van der Waals surface area (Å²) in [5.74, 6) is 0.683. The number of nitrogens with zero attached hydrogens (tertiary/aromatic N) is 2. The van der Waals surface area contributed by atoms with E-state index in [4.69, 9.17) is 0 Å².